The van der Waals surface area contributed by atoms with Crippen LogP contribution in [0.2, 0.25) is 0 Å². The van der Waals surface area contributed by atoms with Crippen molar-refractivity contribution in [3.8, 4) is 0 Å². The molecule has 0 radical (unpaired) electrons. The lowest BCUT2D eigenvalue weighted by molar-refractivity contribution is -0.140. The Morgan fingerprint density at radius 3 is 2.58 bits per heavy atom. The summed E-state index contributed by atoms with van der Waals surface area (Å²) in [4.78, 5) is 4.34. The molecule has 0 amide bonds. The first-order valence-corrected chi connectivity index (χ1v) is 6.15. The summed E-state index contributed by atoms with van der Waals surface area (Å²) in [5.74, 6) is 0.434. The molecule has 0 fully saturated rings. The third-order valence-electron chi connectivity index (χ3n) is 3.09. The Hall–Kier alpha value is -1.56. The van der Waals surface area contributed by atoms with Crippen LogP contribution >= 0.6 is 0 Å². The van der Waals surface area contributed by atoms with Crippen molar-refractivity contribution in [3.05, 3.63) is 30.1 Å². The number of rotatable bonds is 4. The molecule has 19 heavy (non-hydrogen) atoms. The monoisotopic (exact) mass is 271 g/mol. The molecule has 0 spiro atoms. The molecule has 0 bridgehead atoms. The summed E-state index contributed by atoms with van der Waals surface area (Å²) < 4.78 is 39.4. The summed E-state index contributed by atoms with van der Waals surface area (Å²) in [7, 11) is 1.73. The molecule has 0 saturated heterocycles. The number of halogens is 3. The molecule has 1 unspecified atom stereocenters. The van der Waals surface area contributed by atoms with Crippen LogP contribution in [0.1, 0.15) is 25.2 Å². The highest BCUT2D eigenvalue weighted by Crippen LogP contribution is 2.27. The fourth-order valence-corrected chi connectivity index (χ4v) is 2.22. The number of nitrogens with one attached hydrogen (secondary N) is 1. The van der Waals surface area contributed by atoms with E-state index in [-0.39, 0.29) is 6.04 Å². The van der Waals surface area contributed by atoms with Gasteiger partial charge in [0.1, 0.15) is 12.4 Å². The van der Waals surface area contributed by atoms with Crippen LogP contribution in [-0.2, 0) is 6.54 Å². The van der Waals surface area contributed by atoms with E-state index >= 15 is 0 Å². The van der Waals surface area contributed by atoms with E-state index in [0.717, 1.165) is 0 Å². The van der Waals surface area contributed by atoms with Crippen molar-refractivity contribution in [1.82, 2.24) is 14.9 Å². The van der Waals surface area contributed by atoms with Gasteiger partial charge < -0.3 is 9.88 Å². The highest BCUT2D eigenvalue weighted by atomic mass is 19.4. The van der Waals surface area contributed by atoms with Crippen molar-refractivity contribution in [2.75, 3.05) is 7.05 Å². The third-order valence-corrected chi connectivity index (χ3v) is 3.09. The minimum Gasteiger partial charge on any atom is -0.317 e. The predicted molar refractivity (Wildman–Crippen MR) is 67.9 cm³/mol. The molecule has 0 aliphatic rings. The second-order valence-corrected chi connectivity index (χ2v) is 4.41. The van der Waals surface area contributed by atoms with Crippen LogP contribution in [0.5, 0.6) is 0 Å². The number of para-hydroxylation sites is 2. The van der Waals surface area contributed by atoms with Crippen molar-refractivity contribution >= 4 is 11.0 Å². The lowest BCUT2D eigenvalue weighted by Gasteiger charge is -2.17. The third kappa shape index (κ3) is 2.89. The summed E-state index contributed by atoms with van der Waals surface area (Å²) in [6.07, 6.45) is -3.58. The van der Waals surface area contributed by atoms with Gasteiger partial charge in [0.2, 0.25) is 0 Å². The van der Waals surface area contributed by atoms with Crippen LogP contribution in [0.4, 0.5) is 13.2 Å². The van der Waals surface area contributed by atoms with Gasteiger partial charge in [-0.1, -0.05) is 19.1 Å². The van der Waals surface area contributed by atoms with Crippen LogP contribution in [0.25, 0.3) is 11.0 Å². The van der Waals surface area contributed by atoms with Crippen LogP contribution in [0, 0.1) is 0 Å². The van der Waals surface area contributed by atoms with Gasteiger partial charge in [0.25, 0.3) is 0 Å². The molecule has 1 atom stereocenters. The van der Waals surface area contributed by atoms with Crippen LogP contribution in [-0.4, -0.2) is 22.8 Å². The Balaban J connectivity index is 2.58. The average molecular weight is 271 g/mol. The smallest absolute Gasteiger partial charge is 0.317 e. The maximum atomic E-state index is 12.7. The Kier molecular flexibility index (Phi) is 3.80. The fourth-order valence-electron chi connectivity index (χ4n) is 2.22. The van der Waals surface area contributed by atoms with Crippen molar-refractivity contribution in [2.24, 2.45) is 0 Å². The van der Waals surface area contributed by atoms with Crippen molar-refractivity contribution in [1.29, 1.82) is 0 Å². The number of nitrogens with zero attached hydrogens (tertiary/aromatic N) is 2. The number of alkyl halides is 3. The molecule has 1 N–H and O–H groups in total. The fraction of sp³-hybridized carbons (Fsp3) is 0.462. The number of aromatic nitrogens is 2. The van der Waals surface area contributed by atoms with E-state index in [1.807, 2.05) is 6.92 Å². The molecule has 6 heteroatoms. The van der Waals surface area contributed by atoms with E-state index in [0.29, 0.717) is 23.3 Å². The van der Waals surface area contributed by atoms with E-state index in [4.69, 9.17) is 0 Å². The zero-order valence-corrected chi connectivity index (χ0v) is 10.8. The van der Waals surface area contributed by atoms with Crippen LogP contribution in [0.3, 0.4) is 0 Å². The summed E-state index contributed by atoms with van der Waals surface area (Å²) in [5.41, 5.74) is 1.11. The topological polar surface area (TPSA) is 29.9 Å². The molecule has 2 rings (SSSR count). The van der Waals surface area contributed by atoms with Crippen LogP contribution in [0.15, 0.2) is 24.3 Å². The minimum absolute atomic E-state index is 0.185. The van der Waals surface area contributed by atoms with Gasteiger partial charge in [-0.05, 0) is 25.6 Å². The van der Waals surface area contributed by atoms with Gasteiger partial charge in [-0.15, -0.1) is 0 Å². The number of hydrogen-bond donors (Lipinski definition) is 1. The second kappa shape index (κ2) is 5.21. The van der Waals surface area contributed by atoms with E-state index in [1.54, 1.807) is 31.3 Å². The summed E-state index contributed by atoms with van der Waals surface area (Å²) in [5, 5.41) is 3.00. The van der Waals surface area contributed by atoms with Crippen molar-refractivity contribution < 1.29 is 13.2 Å². The Bertz CT molecular complexity index is 556. The predicted octanol–water partition coefficient (Wildman–Crippen LogP) is 3.27. The first-order valence-electron chi connectivity index (χ1n) is 6.15. The van der Waals surface area contributed by atoms with E-state index in [2.05, 4.69) is 10.3 Å². The van der Waals surface area contributed by atoms with Gasteiger partial charge in [-0.25, -0.2) is 4.98 Å². The lowest BCUT2D eigenvalue weighted by Crippen LogP contribution is -2.25. The van der Waals surface area contributed by atoms with E-state index < -0.39 is 12.7 Å². The largest absolute Gasteiger partial charge is 0.406 e. The molecule has 0 aliphatic heterocycles. The Morgan fingerprint density at radius 2 is 2.00 bits per heavy atom. The molecule has 1 heterocycles. The zero-order chi connectivity index (χ0) is 14.0. The molecule has 1 aromatic carbocycles. The number of imidazole rings is 1. The molecule has 0 saturated carbocycles. The zero-order valence-electron chi connectivity index (χ0n) is 10.8. The van der Waals surface area contributed by atoms with E-state index in [1.165, 1.54) is 4.57 Å². The quantitative estimate of drug-likeness (QED) is 0.925. The van der Waals surface area contributed by atoms with Gasteiger partial charge in [0, 0.05) is 0 Å². The van der Waals surface area contributed by atoms with E-state index in [9.17, 15) is 13.2 Å². The SMILES string of the molecule is CCC(NC)c1nc2ccccc2n1CC(F)(F)F. The summed E-state index contributed by atoms with van der Waals surface area (Å²) >= 11 is 0. The first-order chi connectivity index (χ1) is 8.96. The number of fused-ring (bicyclic) bond motifs is 1. The Morgan fingerprint density at radius 1 is 1.32 bits per heavy atom. The summed E-state index contributed by atoms with van der Waals surface area (Å²) in [6, 6.07) is 6.71. The molecule has 3 nitrogen and oxygen atoms in total. The van der Waals surface area contributed by atoms with Gasteiger partial charge in [0.05, 0.1) is 17.1 Å². The molecular formula is C13H16F3N3. The standard InChI is InChI=1S/C13H16F3N3/c1-3-9(17-2)12-18-10-6-4-5-7-11(10)19(12)8-13(14,15)16/h4-7,9,17H,3,8H2,1-2H3. The van der Waals surface area contributed by atoms with Gasteiger partial charge in [0.15, 0.2) is 0 Å². The molecular weight excluding hydrogens is 255 g/mol. The van der Waals surface area contributed by atoms with Gasteiger partial charge >= 0.3 is 6.18 Å². The minimum atomic E-state index is -4.26. The van der Waals surface area contributed by atoms with Crippen molar-refractivity contribution in [2.45, 2.75) is 32.1 Å². The molecule has 0 aliphatic carbocycles. The average Bonchev–Trinajstić information content (AvgIpc) is 2.68. The van der Waals surface area contributed by atoms with Crippen LogP contribution < -0.4 is 5.32 Å². The molecule has 2 aromatic rings. The number of benzene rings is 1. The maximum Gasteiger partial charge on any atom is 0.406 e. The highest BCUT2D eigenvalue weighted by molar-refractivity contribution is 5.76. The molecule has 1 aromatic heterocycles. The first kappa shape index (κ1) is 13.9. The molecule has 104 valence electrons. The maximum absolute atomic E-state index is 12.7. The lowest BCUT2D eigenvalue weighted by atomic mass is 10.2. The Labute approximate surface area is 109 Å². The normalized spacial score (nSPS) is 13.9. The van der Waals surface area contributed by atoms with Gasteiger partial charge in [-0.3, -0.25) is 0 Å². The number of hydrogen-bond acceptors (Lipinski definition) is 2. The van der Waals surface area contributed by atoms with Crippen molar-refractivity contribution in [3.63, 3.8) is 0 Å². The van der Waals surface area contributed by atoms with Gasteiger partial charge in [-0.2, -0.15) is 13.2 Å². The highest BCUT2D eigenvalue weighted by Gasteiger charge is 2.31. The second-order valence-electron chi connectivity index (χ2n) is 4.41. The summed E-state index contributed by atoms with van der Waals surface area (Å²) in [6.45, 7) is 0.902.